The van der Waals surface area contributed by atoms with Crippen molar-refractivity contribution in [3.8, 4) is 5.69 Å². The summed E-state index contributed by atoms with van der Waals surface area (Å²) in [5.41, 5.74) is 2.36. The van der Waals surface area contributed by atoms with Crippen LogP contribution < -0.4 is 5.32 Å². The maximum atomic E-state index is 4.25. The molecule has 0 radical (unpaired) electrons. The summed E-state index contributed by atoms with van der Waals surface area (Å²) in [7, 11) is 1.93. The fraction of sp³-hybridized carbons (Fsp3) is 0.455. The summed E-state index contributed by atoms with van der Waals surface area (Å²) in [6.45, 7) is 2.15. The largest absolute Gasteiger partial charge is 0.316 e. The van der Waals surface area contributed by atoms with Gasteiger partial charge in [0.05, 0.1) is 18.2 Å². The van der Waals surface area contributed by atoms with E-state index in [1.54, 1.807) is 0 Å². The number of rotatable bonds is 2. The minimum atomic E-state index is 0.572. The molecule has 1 aliphatic heterocycles. The van der Waals surface area contributed by atoms with Gasteiger partial charge in [-0.25, -0.2) is 4.98 Å². The average molecular weight is 217 g/mol. The highest BCUT2D eigenvalue weighted by Crippen LogP contribution is 2.24. The molecule has 0 amide bonds. The third kappa shape index (κ3) is 1.53. The van der Waals surface area contributed by atoms with E-state index < -0.39 is 0 Å². The van der Waals surface area contributed by atoms with Gasteiger partial charge in [-0.3, -0.25) is 9.25 Å². The smallest absolute Gasteiger partial charge is 0.0995 e. The second-order valence-electron chi connectivity index (χ2n) is 4.25. The molecule has 2 aromatic heterocycles. The van der Waals surface area contributed by atoms with Crippen molar-refractivity contribution >= 4 is 0 Å². The topological polar surface area (TPSA) is 47.7 Å². The summed E-state index contributed by atoms with van der Waals surface area (Å²) in [6, 6.07) is 0. The van der Waals surface area contributed by atoms with Crippen LogP contribution in [0.2, 0.25) is 0 Å². The van der Waals surface area contributed by atoms with Crippen molar-refractivity contribution in [3.63, 3.8) is 0 Å². The van der Waals surface area contributed by atoms with E-state index in [1.165, 1.54) is 12.1 Å². The zero-order valence-electron chi connectivity index (χ0n) is 9.30. The molecule has 16 heavy (non-hydrogen) atoms. The Hall–Kier alpha value is -1.62. The minimum Gasteiger partial charge on any atom is -0.316 e. The fourth-order valence-electron chi connectivity index (χ4n) is 2.26. The summed E-state index contributed by atoms with van der Waals surface area (Å²) >= 11 is 0. The van der Waals surface area contributed by atoms with Gasteiger partial charge in [0.25, 0.3) is 0 Å². The third-order valence-corrected chi connectivity index (χ3v) is 3.12. The van der Waals surface area contributed by atoms with Crippen molar-refractivity contribution in [1.82, 2.24) is 24.6 Å². The Kier molecular flexibility index (Phi) is 2.25. The van der Waals surface area contributed by atoms with Gasteiger partial charge in [-0.05, 0) is 13.0 Å². The molecule has 0 aromatic carbocycles. The second kappa shape index (κ2) is 3.75. The first kappa shape index (κ1) is 9.59. The first-order valence-corrected chi connectivity index (χ1v) is 5.56. The highest BCUT2D eigenvalue weighted by atomic mass is 15.3. The van der Waals surface area contributed by atoms with Crippen LogP contribution in [0.1, 0.15) is 18.0 Å². The molecule has 1 unspecified atom stereocenters. The van der Waals surface area contributed by atoms with E-state index >= 15 is 0 Å². The zero-order chi connectivity index (χ0) is 11.0. The van der Waals surface area contributed by atoms with Gasteiger partial charge < -0.3 is 5.32 Å². The SMILES string of the molecule is Cn1cc(-n2cncc2C2CCNC2)cn1. The lowest BCUT2D eigenvalue weighted by molar-refractivity contribution is 0.713. The van der Waals surface area contributed by atoms with Crippen molar-refractivity contribution < 1.29 is 0 Å². The fourth-order valence-corrected chi connectivity index (χ4v) is 2.26. The number of hydrogen-bond acceptors (Lipinski definition) is 3. The van der Waals surface area contributed by atoms with Crippen molar-refractivity contribution in [2.45, 2.75) is 12.3 Å². The Morgan fingerprint density at radius 3 is 3.06 bits per heavy atom. The molecule has 1 atom stereocenters. The Balaban J connectivity index is 1.98. The van der Waals surface area contributed by atoms with Crippen LogP contribution in [0.3, 0.4) is 0 Å². The lowest BCUT2D eigenvalue weighted by Gasteiger charge is -2.10. The van der Waals surface area contributed by atoms with Gasteiger partial charge in [0, 0.05) is 37.6 Å². The van der Waals surface area contributed by atoms with E-state index in [-0.39, 0.29) is 0 Å². The lowest BCUT2D eigenvalue weighted by Crippen LogP contribution is -2.10. The van der Waals surface area contributed by atoms with Gasteiger partial charge >= 0.3 is 0 Å². The molecule has 2 aromatic rings. The van der Waals surface area contributed by atoms with Crippen LogP contribution in [0.4, 0.5) is 0 Å². The normalized spacial score (nSPS) is 20.4. The van der Waals surface area contributed by atoms with Crippen LogP contribution in [0.25, 0.3) is 5.69 Å². The first-order chi connectivity index (χ1) is 7.84. The number of aromatic nitrogens is 4. The van der Waals surface area contributed by atoms with Gasteiger partial charge in [-0.2, -0.15) is 5.10 Å². The van der Waals surface area contributed by atoms with E-state index in [0.29, 0.717) is 5.92 Å². The average Bonchev–Trinajstić information content (AvgIpc) is 2.96. The summed E-state index contributed by atoms with van der Waals surface area (Å²) in [4.78, 5) is 4.25. The number of nitrogens with one attached hydrogen (secondary N) is 1. The van der Waals surface area contributed by atoms with Crippen LogP contribution in [0, 0.1) is 0 Å². The predicted molar refractivity (Wildman–Crippen MR) is 60.6 cm³/mol. The monoisotopic (exact) mass is 217 g/mol. The maximum absolute atomic E-state index is 4.25. The van der Waals surface area contributed by atoms with Gasteiger partial charge in [-0.15, -0.1) is 0 Å². The van der Waals surface area contributed by atoms with E-state index in [1.807, 2.05) is 36.6 Å². The Labute approximate surface area is 94.1 Å². The second-order valence-corrected chi connectivity index (χ2v) is 4.25. The lowest BCUT2D eigenvalue weighted by atomic mass is 10.1. The number of hydrogen-bond donors (Lipinski definition) is 1. The molecular weight excluding hydrogens is 202 g/mol. The molecule has 0 aliphatic carbocycles. The maximum Gasteiger partial charge on any atom is 0.0995 e. The molecule has 5 nitrogen and oxygen atoms in total. The Morgan fingerprint density at radius 2 is 2.38 bits per heavy atom. The minimum absolute atomic E-state index is 0.572. The predicted octanol–water partition coefficient (Wildman–Crippen LogP) is 0.683. The number of aryl methyl sites for hydroxylation is 1. The van der Waals surface area contributed by atoms with Crippen molar-refractivity contribution in [2.75, 3.05) is 13.1 Å². The van der Waals surface area contributed by atoms with Crippen LogP contribution in [0.15, 0.2) is 24.9 Å². The number of nitrogens with zero attached hydrogens (tertiary/aromatic N) is 4. The molecule has 5 heteroatoms. The molecule has 0 saturated carbocycles. The summed E-state index contributed by atoms with van der Waals surface area (Å²) < 4.78 is 3.94. The molecule has 1 aliphatic rings. The third-order valence-electron chi connectivity index (χ3n) is 3.12. The molecule has 84 valence electrons. The molecular formula is C11H15N5. The first-order valence-electron chi connectivity index (χ1n) is 5.56. The zero-order valence-corrected chi connectivity index (χ0v) is 9.30. The molecule has 1 fully saturated rings. The van der Waals surface area contributed by atoms with Crippen LogP contribution in [-0.2, 0) is 7.05 Å². The van der Waals surface area contributed by atoms with Crippen LogP contribution in [0.5, 0.6) is 0 Å². The quantitative estimate of drug-likeness (QED) is 0.805. The summed E-state index contributed by atoms with van der Waals surface area (Å²) in [6.07, 6.45) is 8.89. The summed E-state index contributed by atoms with van der Waals surface area (Å²) in [5, 5.41) is 7.58. The van der Waals surface area contributed by atoms with Crippen LogP contribution >= 0.6 is 0 Å². The van der Waals surface area contributed by atoms with Crippen molar-refractivity contribution in [2.24, 2.45) is 7.05 Å². The molecule has 0 bridgehead atoms. The standard InChI is InChI=1S/C11H15N5/c1-15-7-10(5-14-15)16-8-13-6-11(16)9-2-3-12-4-9/h5-9,12H,2-4H2,1H3. The van der Waals surface area contributed by atoms with Gasteiger partial charge in [0.15, 0.2) is 0 Å². The van der Waals surface area contributed by atoms with Gasteiger partial charge in [0.2, 0.25) is 0 Å². The van der Waals surface area contributed by atoms with Gasteiger partial charge in [0.1, 0.15) is 0 Å². The molecule has 1 saturated heterocycles. The molecule has 0 spiro atoms. The Morgan fingerprint density at radius 1 is 1.44 bits per heavy atom. The van der Waals surface area contributed by atoms with Gasteiger partial charge in [-0.1, -0.05) is 0 Å². The molecule has 3 heterocycles. The van der Waals surface area contributed by atoms with E-state index in [2.05, 4.69) is 20.0 Å². The van der Waals surface area contributed by atoms with Crippen LogP contribution in [-0.4, -0.2) is 32.4 Å². The Bertz CT molecular complexity index is 478. The van der Waals surface area contributed by atoms with Crippen molar-refractivity contribution in [1.29, 1.82) is 0 Å². The summed E-state index contributed by atoms with van der Waals surface area (Å²) in [5.74, 6) is 0.572. The van der Waals surface area contributed by atoms with E-state index in [9.17, 15) is 0 Å². The highest BCUT2D eigenvalue weighted by Gasteiger charge is 2.20. The van der Waals surface area contributed by atoms with E-state index in [0.717, 1.165) is 18.8 Å². The van der Waals surface area contributed by atoms with E-state index in [4.69, 9.17) is 0 Å². The number of imidazole rings is 1. The molecule has 1 N–H and O–H groups in total. The van der Waals surface area contributed by atoms with Crippen molar-refractivity contribution in [3.05, 3.63) is 30.6 Å². The molecule has 3 rings (SSSR count). The highest BCUT2D eigenvalue weighted by molar-refractivity contribution is 5.30.